The van der Waals surface area contributed by atoms with Gasteiger partial charge in [0.15, 0.2) is 5.78 Å². The molecule has 5 nitrogen and oxygen atoms in total. The van der Waals surface area contributed by atoms with Crippen molar-refractivity contribution in [2.45, 2.75) is 33.2 Å². The van der Waals surface area contributed by atoms with Crippen molar-refractivity contribution in [2.75, 3.05) is 13.2 Å². The third kappa shape index (κ3) is 7.15. The molecule has 34 heavy (non-hydrogen) atoms. The number of ketones is 1. The van der Waals surface area contributed by atoms with Gasteiger partial charge in [0, 0.05) is 23.2 Å². The van der Waals surface area contributed by atoms with E-state index in [1.165, 1.54) is 0 Å². The molecule has 0 aliphatic rings. The summed E-state index contributed by atoms with van der Waals surface area (Å²) in [6, 6.07) is 23.1. The van der Waals surface area contributed by atoms with Crippen LogP contribution in [-0.4, -0.2) is 30.0 Å². The topological polar surface area (TPSA) is 75.6 Å². The van der Waals surface area contributed by atoms with Gasteiger partial charge in [-0.3, -0.25) is 4.79 Å². The molecular weight excluding hydrogens is 426 g/mol. The zero-order valence-electron chi connectivity index (χ0n) is 19.7. The molecule has 0 amide bonds. The van der Waals surface area contributed by atoms with Crippen LogP contribution in [-0.2, 0) is 11.3 Å². The van der Waals surface area contributed by atoms with Gasteiger partial charge in [0.25, 0.3) is 0 Å². The molecule has 0 aliphatic carbocycles. The number of ether oxygens (including phenoxy) is 1. The number of aliphatic carboxylic acids is 1. The quantitative estimate of drug-likeness (QED) is 0.198. The first-order valence-corrected chi connectivity index (χ1v) is 11.5. The lowest BCUT2D eigenvalue weighted by Gasteiger charge is -2.14. The van der Waals surface area contributed by atoms with E-state index >= 15 is 0 Å². The third-order valence-corrected chi connectivity index (χ3v) is 5.43. The number of carboxylic acid groups (broad SMARTS) is 1. The summed E-state index contributed by atoms with van der Waals surface area (Å²) >= 11 is 0. The Hall–Kier alpha value is -3.70. The molecule has 3 aromatic rings. The molecular formula is C29H31NO4. The van der Waals surface area contributed by atoms with Crippen molar-refractivity contribution in [3.8, 4) is 16.9 Å². The summed E-state index contributed by atoms with van der Waals surface area (Å²) in [6.45, 7) is 5.11. The van der Waals surface area contributed by atoms with Gasteiger partial charge in [0.05, 0.1) is 13.2 Å². The summed E-state index contributed by atoms with van der Waals surface area (Å²) in [5.74, 6) is -0.156. The fraction of sp³-hybridized carbons (Fsp3) is 0.241. The van der Waals surface area contributed by atoms with E-state index in [2.05, 4.69) is 18.3 Å². The van der Waals surface area contributed by atoms with Crippen molar-refractivity contribution in [1.29, 1.82) is 0 Å². The fourth-order valence-corrected chi connectivity index (χ4v) is 3.52. The molecule has 0 radical (unpaired) electrons. The average Bonchev–Trinajstić information content (AvgIpc) is 2.85. The van der Waals surface area contributed by atoms with Crippen LogP contribution in [0.25, 0.3) is 17.2 Å². The van der Waals surface area contributed by atoms with Crippen LogP contribution in [0.15, 0.2) is 78.4 Å². The molecule has 0 atom stereocenters. The van der Waals surface area contributed by atoms with Gasteiger partial charge in [-0.1, -0.05) is 74.0 Å². The molecule has 0 saturated heterocycles. The zero-order valence-corrected chi connectivity index (χ0v) is 19.7. The average molecular weight is 458 g/mol. The minimum atomic E-state index is -0.941. The lowest BCUT2D eigenvalue weighted by Crippen LogP contribution is -2.22. The van der Waals surface area contributed by atoms with E-state index in [1.807, 2.05) is 66.7 Å². The number of nitrogens with one attached hydrogen (secondary N) is 1. The second-order valence-corrected chi connectivity index (χ2v) is 8.18. The van der Waals surface area contributed by atoms with Gasteiger partial charge in [0.1, 0.15) is 5.75 Å². The summed E-state index contributed by atoms with van der Waals surface area (Å²) in [4.78, 5) is 23.5. The van der Waals surface area contributed by atoms with Crippen LogP contribution in [0.1, 0.15) is 48.2 Å². The van der Waals surface area contributed by atoms with E-state index in [-0.39, 0.29) is 17.9 Å². The standard InChI is InChI=1S/C29H31NO4/c1-3-4-15-34-28-18-22(16-21(2)29(32)33)13-14-26(28)25-12-8-9-23(17-25)19-30-20-27(31)24-10-6-5-7-11-24/h5-14,16-18,30H,3-4,15,19-20H2,1-2H3,(H,32,33). The molecule has 0 heterocycles. The fourth-order valence-electron chi connectivity index (χ4n) is 3.52. The first kappa shape index (κ1) is 24.9. The highest BCUT2D eigenvalue weighted by Crippen LogP contribution is 2.32. The number of unbranched alkanes of at least 4 members (excludes halogenated alkanes) is 1. The van der Waals surface area contributed by atoms with Gasteiger partial charge in [-0.2, -0.15) is 0 Å². The molecule has 3 aromatic carbocycles. The van der Waals surface area contributed by atoms with Gasteiger partial charge in [-0.25, -0.2) is 4.79 Å². The largest absolute Gasteiger partial charge is 0.493 e. The van der Waals surface area contributed by atoms with Crippen LogP contribution in [0.3, 0.4) is 0 Å². The Bertz CT molecular complexity index is 1150. The van der Waals surface area contributed by atoms with Crippen molar-refractivity contribution < 1.29 is 19.4 Å². The Morgan fingerprint density at radius 1 is 1.00 bits per heavy atom. The number of hydrogen-bond acceptors (Lipinski definition) is 4. The lowest BCUT2D eigenvalue weighted by atomic mass is 9.99. The number of rotatable bonds is 12. The molecule has 0 aromatic heterocycles. The number of carbonyl (C=O) groups excluding carboxylic acids is 1. The monoisotopic (exact) mass is 457 g/mol. The maximum atomic E-state index is 12.3. The van der Waals surface area contributed by atoms with Crippen LogP contribution < -0.4 is 10.1 Å². The normalized spacial score (nSPS) is 11.3. The van der Waals surface area contributed by atoms with Crippen molar-refractivity contribution in [1.82, 2.24) is 5.32 Å². The van der Waals surface area contributed by atoms with Gasteiger partial charge >= 0.3 is 5.97 Å². The van der Waals surface area contributed by atoms with Crippen molar-refractivity contribution in [3.05, 3.63) is 95.1 Å². The molecule has 0 unspecified atom stereocenters. The highest BCUT2D eigenvalue weighted by Gasteiger charge is 2.10. The van der Waals surface area contributed by atoms with Crippen LogP contribution in [0.5, 0.6) is 5.75 Å². The van der Waals surface area contributed by atoms with E-state index in [0.29, 0.717) is 18.7 Å². The molecule has 2 N–H and O–H groups in total. The van der Waals surface area contributed by atoms with Gasteiger partial charge in [-0.15, -0.1) is 0 Å². The summed E-state index contributed by atoms with van der Waals surface area (Å²) in [7, 11) is 0. The van der Waals surface area contributed by atoms with Crippen LogP contribution in [0.2, 0.25) is 0 Å². The summed E-state index contributed by atoms with van der Waals surface area (Å²) in [6.07, 6.45) is 3.60. The molecule has 3 rings (SSSR count). The molecule has 0 bridgehead atoms. The predicted molar refractivity (Wildman–Crippen MR) is 136 cm³/mol. The molecule has 0 spiro atoms. The lowest BCUT2D eigenvalue weighted by molar-refractivity contribution is -0.132. The second kappa shape index (κ2) is 12.5. The summed E-state index contributed by atoms with van der Waals surface area (Å²) in [5, 5.41) is 12.4. The van der Waals surface area contributed by atoms with E-state index in [9.17, 15) is 14.7 Å². The second-order valence-electron chi connectivity index (χ2n) is 8.18. The maximum absolute atomic E-state index is 12.3. The van der Waals surface area contributed by atoms with E-state index < -0.39 is 5.97 Å². The minimum Gasteiger partial charge on any atom is -0.493 e. The highest BCUT2D eigenvalue weighted by molar-refractivity contribution is 5.97. The molecule has 0 aliphatic heterocycles. The van der Waals surface area contributed by atoms with Crippen molar-refractivity contribution in [3.63, 3.8) is 0 Å². The van der Waals surface area contributed by atoms with Crippen LogP contribution >= 0.6 is 0 Å². The molecule has 176 valence electrons. The Kier molecular flexibility index (Phi) is 9.18. The first-order chi connectivity index (χ1) is 16.5. The highest BCUT2D eigenvalue weighted by atomic mass is 16.5. The zero-order chi connectivity index (χ0) is 24.3. The number of carboxylic acids is 1. The van der Waals surface area contributed by atoms with E-state index in [4.69, 9.17) is 4.74 Å². The SMILES string of the molecule is CCCCOc1cc(C=C(C)C(=O)O)ccc1-c1cccc(CNCC(=O)c2ccccc2)c1. The third-order valence-electron chi connectivity index (χ3n) is 5.43. The summed E-state index contributed by atoms with van der Waals surface area (Å²) < 4.78 is 6.08. The first-order valence-electron chi connectivity index (χ1n) is 11.5. The maximum Gasteiger partial charge on any atom is 0.331 e. The van der Waals surface area contributed by atoms with Gasteiger partial charge in [-0.05, 0) is 48.2 Å². The number of Topliss-reactive ketones (excluding diaryl/α,β-unsaturated/α-hetero) is 1. The Morgan fingerprint density at radius 2 is 1.79 bits per heavy atom. The number of carbonyl (C=O) groups is 2. The number of benzene rings is 3. The van der Waals surface area contributed by atoms with E-state index in [0.717, 1.165) is 40.8 Å². The summed E-state index contributed by atoms with van der Waals surface area (Å²) in [5.41, 5.74) is 4.76. The van der Waals surface area contributed by atoms with Crippen LogP contribution in [0, 0.1) is 0 Å². The van der Waals surface area contributed by atoms with Gasteiger partial charge in [0.2, 0.25) is 0 Å². The minimum absolute atomic E-state index is 0.0589. The molecule has 0 fully saturated rings. The van der Waals surface area contributed by atoms with E-state index in [1.54, 1.807) is 13.0 Å². The molecule has 0 saturated carbocycles. The Balaban J connectivity index is 1.77. The van der Waals surface area contributed by atoms with Crippen molar-refractivity contribution >= 4 is 17.8 Å². The van der Waals surface area contributed by atoms with Crippen molar-refractivity contribution in [2.24, 2.45) is 0 Å². The molecule has 5 heteroatoms. The number of hydrogen-bond donors (Lipinski definition) is 2. The van der Waals surface area contributed by atoms with Gasteiger partial charge < -0.3 is 15.2 Å². The Labute approximate surface area is 201 Å². The predicted octanol–water partition coefficient (Wildman–Crippen LogP) is 5.99. The smallest absolute Gasteiger partial charge is 0.331 e. The van der Waals surface area contributed by atoms with Crippen LogP contribution in [0.4, 0.5) is 0 Å². The Morgan fingerprint density at radius 3 is 2.53 bits per heavy atom.